The minimum atomic E-state index is -0.134. The van der Waals surface area contributed by atoms with Crippen LogP contribution in [0, 0.1) is 0 Å². The molecular weight excluding hydrogens is 188 g/mol. The Labute approximate surface area is 91.3 Å². The molecule has 0 aliphatic rings. The van der Waals surface area contributed by atoms with Crippen molar-refractivity contribution in [3.05, 3.63) is 35.4 Å². The lowest BCUT2D eigenvalue weighted by molar-refractivity contribution is -0.142. The Bertz CT molecular complexity index is 318. The van der Waals surface area contributed by atoms with Gasteiger partial charge < -0.3 is 4.74 Å². The molecule has 0 saturated carbocycles. The van der Waals surface area contributed by atoms with Crippen molar-refractivity contribution in [3.63, 3.8) is 0 Å². The van der Waals surface area contributed by atoms with Gasteiger partial charge in [0.2, 0.25) is 0 Å². The summed E-state index contributed by atoms with van der Waals surface area (Å²) in [6.07, 6.45) is 2.26. The first-order valence-electron chi connectivity index (χ1n) is 5.49. The molecule has 0 fully saturated rings. The number of carbonyl (C=O) groups excluding carboxylic acids is 1. The molecular formula is C13H18O2. The summed E-state index contributed by atoms with van der Waals surface area (Å²) in [5, 5.41) is 0. The van der Waals surface area contributed by atoms with Crippen molar-refractivity contribution < 1.29 is 9.53 Å². The smallest absolute Gasteiger partial charge is 0.310 e. The maximum absolute atomic E-state index is 11.3. The summed E-state index contributed by atoms with van der Waals surface area (Å²) in [6, 6.07) is 8.09. The number of rotatable bonds is 5. The highest BCUT2D eigenvalue weighted by molar-refractivity contribution is 5.72. The molecule has 0 aliphatic heterocycles. The van der Waals surface area contributed by atoms with E-state index in [0.29, 0.717) is 13.0 Å². The Balaban J connectivity index is 2.52. The lowest BCUT2D eigenvalue weighted by Crippen LogP contribution is -2.08. The van der Waals surface area contributed by atoms with Crippen molar-refractivity contribution in [2.75, 3.05) is 6.61 Å². The van der Waals surface area contributed by atoms with Gasteiger partial charge >= 0.3 is 5.97 Å². The highest BCUT2D eigenvalue weighted by Crippen LogP contribution is 2.07. The Morgan fingerprint density at radius 1 is 1.27 bits per heavy atom. The van der Waals surface area contributed by atoms with E-state index < -0.39 is 0 Å². The molecule has 1 aromatic carbocycles. The maximum atomic E-state index is 11.3. The molecule has 0 spiro atoms. The van der Waals surface area contributed by atoms with Crippen LogP contribution in [0.25, 0.3) is 0 Å². The fourth-order valence-electron chi connectivity index (χ4n) is 1.39. The predicted octanol–water partition coefficient (Wildman–Crippen LogP) is 2.74. The van der Waals surface area contributed by atoms with E-state index in [1.165, 1.54) is 5.56 Å². The second-order valence-electron chi connectivity index (χ2n) is 3.57. The highest BCUT2D eigenvalue weighted by atomic mass is 16.5. The standard InChI is InChI=1S/C13H18O2/c1-3-8-15-13(14)10-12-7-5-6-11(4-2)9-12/h5-7,9H,3-4,8,10H2,1-2H3. The lowest BCUT2D eigenvalue weighted by Gasteiger charge is -2.04. The van der Waals surface area contributed by atoms with E-state index in [2.05, 4.69) is 19.1 Å². The molecule has 1 aromatic rings. The molecule has 0 aliphatic carbocycles. The SMILES string of the molecule is CCCOC(=O)Cc1cccc(CC)c1. The number of benzene rings is 1. The third kappa shape index (κ3) is 4.15. The predicted molar refractivity (Wildman–Crippen MR) is 60.8 cm³/mol. The van der Waals surface area contributed by atoms with Crippen molar-refractivity contribution in [1.82, 2.24) is 0 Å². The quantitative estimate of drug-likeness (QED) is 0.692. The monoisotopic (exact) mass is 206 g/mol. The molecule has 0 bridgehead atoms. The van der Waals surface area contributed by atoms with Gasteiger partial charge in [-0.3, -0.25) is 4.79 Å². The second kappa shape index (κ2) is 6.23. The Morgan fingerprint density at radius 3 is 2.67 bits per heavy atom. The average Bonchev–Trinajstić information content (AvgIpc) is 2.26. The first-order valence-corrected chi connectivity index (χ1v) is 5.49. The summed E-state index contributed by atoms with van der Waals surface area (Å²) in [5.74, 6) is -0.134. The molecule has 2 nitrogen and oxygen atoms in total. The fraction of sp³-hybridized carbons (Fsp3) is 0.462. The fourth-order valence-corrected chi connectivity index (χ4v) is 1.39. The molecule has 0 saturated heterocycles. The van der Waals surface area contributed by atoms with Gasteiger partial charge in [0.15, 0.2) is 0 Å². The summed E-state index contributed by atoms with van der Waals surface area (Å²) < 4.78 is 5.03. The van der Waals surface area contributed by atoms with Crippen LogP contribution in [0.5, 0.6) is 0 Å². The van der Waals surface area contributed by atoms with Gasteiger partial charge in [-0.25, -0.2) is 0 Å². The normalized spacial score (nSPS) is 10.0. The zero-order chi connectivity index (χ0) is 11.1. The summed E-state index contributed by atoms with van der Waals surface area (Å²) in [5.41, 5.74) is 2.30. The maximum Gasteiger partial charge on any atom is 0.310 e. The molecule has 2 heteroatoms. The molecule has 0 atom stereocenters. The summed E-state index contributed by atoms with van der Waals surface area (Å²) in [4.78, 5) is 11.3. The number of hydrogen-bond donors (Lipinski definition) is 0. The van der Waals surface area contributed by atoms with Crippen LogP contribution in [0.2, 0.25) is 0 Å². The van der Waals surface area contributed by atoms with Crippen LogP contribution < -0.4 is 0 Å². The van der Waals surface area contributed by atoms with Crippen LogP contribution >= 0.6 is 0 Å². The summed E-state index contributed by atoms with van der Waals surface area (Å²) in [7, 11) is 0. The molecule has 0 aromatic heterocycles. The first-order chi connectivity index (χ1) is 7.26. The van der Waals surface area contributed by atoms with E-state index in [0.717, 1.165) is 18.4 Å². The van der Waals surface area contributed by atoms with Gasteiger partial charge in [0.05, 0.1) is 13.0 Å². The minimum absolute atomic E-state index is 0.134. The van der Waals surface area contributed by atoms with Crippen molar-refractivity contribution in [2.24, 2.45) is 0 Å². The minimum Gasteiger partial charge on any atom is -0.465 e. The summed E-state index contributed by atoms with van der Waals surface area (Å²) >= 11 is 0. The van der Waals surface area contributed by atoms with E-state index in [4.69, 9.17) is 4.74 Å². The Kier molecular flexibility index (Phi) is 4.88. The Morgan fingerprint density at radius 2 is 2.00 bits per heavy atom. The van der Waals surface area contributed by atoms with Gasteiger partial charge in [-0.15, -0.1) is 0 Å². The van der Waals surface area contributed by atoms with Crippen molar-refractivity contribution in [1.29, 1.82) is 0 Å². The van der Waals surface area contributed by atoms with Crippen LogP contribution in [0.15, 0.2) is 24.3 Å². The topological polar surface area (TPSA) is 26.3 Å². The van der Waals surface area contributed by atoms with Crippen molar-refractivity contribution >= 4 is 5.97 Å². The zero-order valence-corrected chi connectivity index (χ0v) is 9.45. The molecule has 15 heavy (non-hydrogen) atoms. The zero-order valence-electron chi connectivity index (χ0n) is 9.45. The highest BCUT2D eigenvalue weighted by Gasteiger charge is 2.04. The van der Waals surface area contributed by atoms with Gasteiger partial charge in [-0.1, -0.05) is 38.1 Å². The third-order valence-corrected chi connectivity index (χ3v) is 2.22. The lowest BCUT2D eigenvalue weighted by atomic mass is 10.1. The summed E-state index contributed by atoms with van der Waals surface area (Å²) in [6.45, 7) is 4.62. The number of aryl methyl sites for hydroxylation is 1. The molecule has 0 amide bonds. The number of esters is 1. The van der Waals surface area contributed by atoms with E-state index >= 15 is 0 Å². The molecule has 0 N–H and O–H groups in total. The van der Waals surface area contributed by atoms with Crippen molar-refractivity contribution in [3.8, 4) is 0 Å². The number of carbonyl (C=O) groups is 1. The largest absolute Gasteiger partial charge is 0.465 e. The molecule has 82 valence electrons. The molecule has 0 unspecified atom stereocenters. The number of ether oxygens (including phenoxy) is 1. The Hall–Kier alpha value is -1.31. The van der Waals surface area contributed by atoms with Gasteiger partial charge in [0, 0.05) is 0 Å². The van der Waals surface area contributed by atoms with E-state index in [1.807, 2.05) is 19.1 Å². The van der Waals surface area contributed by atoms with Crippen LogP contribution in [0.3, 0.4) is 0 Å². The van der Waals surface area contributed by atoms with Gasteiger partial charge in [0.25, 0.3) is 0 Å². The van der Waals surface area contributed by atoms with Crippen LogP contribution in [0.1, 0.15) is 31.4 Å². The van der Waals surface area contributed by atoms with Gasteiger partial charge in [-0.05, 0) is 24.0 Å². The molecule has 0 heterocycles. The molecule has 1 rings (SSSR count). The van der Waals surface area contributed by atoms with E-state index in [-0.39, 0.29) is 5.97 Å². The van der Waals surface area contributed by atoms with E-state index in [9.17, 15) is 4.79 Å². The van der Waals surface area contributed by atoms with Crippen LogP contribution in [-0.2, 0) is 22.4 Å². The van der Waals surface area contributed by atoms with E-state index in [1.54, 1.807) is 0 Å². The second-order valence-corrected chi connectivity index (χ2v) is 3.57. The van der Waals surface area contributed by atoms with Gasteiger partial charge in [-0.2, -0.15) is 0 Å². The first kappa shape index (κ1) is 11.8. The number of hydrogen-bond acceptors (Lipinski definition) is 2. The van der Waals surface area contributed by atoms with Gasteiger partial charge in [0.1, 0.15) is 0 Å². The average molecular weight is 206 g/mol. The van der Waals surface area contributed by atoms with Crippen LogP contribution in [0.4, 0.5) is 0 Å². The van der Waals surface area contributed by atoms with Crippen molar-refractivity contribution in [2.45, 2.75) is 33.1 Å². The van der Waals surface area contributed by atoms with Crippen LogP contribution in [-0.4, -0.2) is 12.6 Å². The molecule has 0 radical (unpaired) electrons. The third-order valence-electron chi connectivity index (χ3n) is 2.22.